The Hall–Kier alpha value is -1.36. The van der Waals surface area contributed by atoms with Crippen molar-refractivity contribution in [1.29, 1.82) is 5.41 Å². The summed E-state index contributed by atoms with van der Waals surface area (Å²) in [7, 11) is 0. The van der Waals surface area contributed by atoms with Crippen molar-refractivity contribution in [2.75, 3.05) is 26.2 Å². The fourth-order valence-electron chi connectivity index (χ4n) is 1.82. The summed E-state index contributed by atoms with van der Waals surface area (Å²) < 4.78 is 0. The zero-order valence-electron chi connectivity index (χ0n) is 12.8. The van der Waals surface area contributed by atoms with Crippen molar-refractivity contribution in [2.45, 2.75) is 40.5 Å². The Labute approximate surface area is 117 Å². The van der Waals surface area contributed by atoms with E-state index in [9.17, 15) is 0 Å². The highest BCUT2D eigenvalue weighted by Gasteiger charge is 2.00. The summed E-state index contributed by atoms with van der Waals surface area (Å²) in [6, 6.07) is 0. The van der Waals surface area contributed by atoms with Crippen LogP contribution in [0.1, 0.15) is 40.5 Å². The van der Waals surface area contributed by atoms with Crippen LogP contribution >= 0.6 is 0 Å². The number of hydrogen-bond acceptors (Lipinski definition) is 4. The van der Waals surface area contributed by atoms with Crippen molar-refractivity contribution in [3.05, 3.63) is 12.4 Å². The molecule has 0 amide bonds. The molecule has 0 aromatic rings. The summed E-state index contributed by atoms with van der Waals surface area (Å²) >= 11 is 0. The van der Waals surface area contributed by atoms with E-state index in [0.29, 0.717) is 17.5 Å². The lowest BCUT2D eigenvalue weighted by Gasteiger charge is -2.19. The van der Waals surface area contributed by atoms with Crippen LogP contribution < -0.4 is 10.6 Å². The van der Waals surface area contributed by atoms with Gasteiger partial charge in [0, 0.05) is 6.54 Å². The molecule has 0 atom stereocenters. The molecule has 0 aliphatic heterocycles. The fourth-order valence-corrected chi connectivity index (χ4v) is 1.82. The minimum Gasteiger partial charge on any atom is -0.370 e. The van der Waals surface area contributed by atoms with Gasteiger partial charge in [0.25, 0.3) is 0 Å². The number of nitrogens with one attached hydrogen (secondary N) is 3. The summed E-state index contributed by atoms with van der Waals surface area (Å²) in [6.07, 6.45) is 2.28. The molecule has 0 aliphatic carbocycles. The van der Waals surface area contributed by atoms with E-state index in [4.69, 9.17) is 5.41 Å². The Morgan fingerprint density at radius 1 is 1.26 bits per heavy atom. The van der Waals surface area contributed by atoms with Crippen LogP contribution in [0.5, 0.6) is 0 Å². The van der Waals surface area contributed by atoms with E-state index in [1.807, 2.05) is 6.92 Å². The second-order valence-corrected chi connectivity index (χ2v) is 4.61. The van der Waals surface area contributed by atoms with Gasteiger partial charge in [-0.3, -0.25) is 5.41 Å². The van der Waals surface area contributed by atoms with Crippen LogP contribution in [0.4, 0.5) is 0 Å². The van der Waals surface area contributed by atoms with E-state index in [1.54, 1.807) is 6.92 Å². The second kappa shape index (κ2) is 10.6. The Morgan fingerprint density at radius 2 is 1.95 bits per heavy atom. The van der Waals surface area contributed by atoms with Crippen LogP contribution in [0.2, 0.25) is 0 Å². The zero-order chi connectivity index (χ0) is 14.7. The molecule has 0 bridgehead atoms. The maximum absolute atomic E-state index is 7.30. The average Bonchev–Trinajstić information content (AvgIpc) is 2.31. The van der Waals surface area contributed by atoms with Crippen molar-refractivity contribution < 1.29 is 0 Å². The average molecular weight is 267 g/mol. The Balaban J connectivity index is 3.82. The van der Waals surface area contributed by atoms with Gasteiger partial charge in [0.1, 0.15) is 11.7 Å². The monoisotopic (exact) mass is 267 g/mol. The van der Waals surface area contributed by atoms with Crippen molar-refractivity contribution in [3.63, 3.8) is 0 Å². The van der Waals surface area contributed by atoms with E-state index in [2.05, 4.69) is 41.0 Å². The van der Waals surface area contributed by atoms with Gasteiger partial charge >= 0.3 is 0 Å². The first-order valence-corrected chi connectivity index (χ1v) is 7.02. The molecule has 5 heteroatoms. The molecule has 0 aromatic heterocycles. The Bertz CT molecular complexity index is 309. The molecule has 0 aliphatic rings. The molecule has 0 unspecified atom stereocenters. The van der Waals surface area contributed by atoms with Crippen molar-refractivity contribution in [3.8, 4) is 0 Å². The molecule has 19 heavy (non-hydrogen) atoms. The van der Waals surface area contributed by atoms with Gasteiger partial charge in [-0.05, 0) is 46.3 Å². The maximum Gasteiger partial charge on any atom is 0.120 e. The van der Waals surface area contributed by atoms with Crippen LogP contribution in [0.3, 0.4) is 0 Å². The molecule has 110 valence electrons. The number of amidine groups is 2. The lowest BCUT2D eigenvalue weighted by Crippen LogP contribution is -2.28. The van der Waals surface area contributed by atoms with E-state index < -0.39 is 0 Å². The van der Waals surface area contributed by atoms with Crippen LogP contribution in [0, 0.1) is 5.41 Å². The van der Waals surface area contributed by atoms with Gasteiger partial charge in [0.05, 0.1) is 5.84 Å². The fraction of sp³-hybridized carbons (Fsp3) is 0.714. The molecule has 3 N–H and O–H groups in total. The molecule has 5 nitrogen and oxygen atoms in total. The summed E-state index contributed by atoms with van der Waals surface area (Å²) in [6.45, 7) is 16.0. The smallest absolute Gasteiger partial charge is 0.120 e. The highest BCUT2D eigenvalue weighted by atomic mass is 15.1. The molecule has 0 saturated heterocycles. The Kier molecular flexibility index (Phi) is 9.80. The summed E-state index contributed by atoms with van der Waals surface area (Å²) in [5.74, 6) is 1.71. The number of aliphatic imine (C=N–C) groups is 1. The summed E-state index contributed by atoms with van der Waals surface area (Å²) in [5.41, 5.74) is 0. The molecule has 0 heterocycles. The van der Waals surface area contributed by atoms with Crippen molar-refractivity contribution in [1.82, 2.24) is 15.5 Å². The quantitative estimate of drug-likeness (QED) is 0.341. The molecule has 0 radical (unpaired) electrons. The SMILES string of the molecule is C=C(N=C(C)NC(C)=N)NCCCN(CC)CCC. The highest BCUT2D eigenvalue weighted by molar-refractivity contribution is 5.97. The topological polar surface area (TPSA) is 63.5 Å². The van der Waals surface area contributed by atoms with Crippen molar-refractivity contribution >= 4 is 11.7 Å². The van der Waals surface area contributed by atoms with Gasteiger partial charge in [0.15, 0.2) is 0 Å². The van der Waals surface area contributed by atoms with Gasteiger partial charge < -0.3 is 15.5 Å². The third-order valence-electron chi connectivity index (χ3n) is 2.64. The number of hydrogen-bond donors (Lipinski definition) is 3. The molecular formula is C14H29N5. The van der Waals surface area contributed by atoms with Crippen LogP contribution in [-0.2, 0) is 0 Å². The van der Waals surface area contributed by atoms with Gasteiger partial charge in [-0.15, -0.1) is 0 Å². The normalized spacial score (nSPS) is 11.5. The first-order chi connectivity index (χ1) is 8.99. The first kappa shape index (κ1) is 17.6. The summed E-state index contributed by atoms with van der Waals surface area (Å²) in [5, 5.41) is 13.3. The lowest BCUT2D eigenvalue weighted by molar-refractivity contribution is 0.284. The minimum atomic E-state index is 0.382. The lowest BCUT2D eigenvalue weighted by atomic mass is 10.3. The highest BCUT2D eigenvalue weighted by Crippen LogP contribution is 1.94. The second-order valence-electron chi connectivity index (χ2n) is 4.61. The largest absolute Gasteiger partial charge is 0.370 e. The third kappa shape index (κ3) is 10.3. The zero-order valence-corrected chi connectivity index (χ0v) is 12.8. The molecule has 0 rings (SSSR count). The molecule has 0 saturated carbocycles. The molecule has 0 aromatic carbocycles. The minimum absolute atomic E-state index is 0.382. The van der Waals surface area contributed by atoms with Crippen LogP contribution in [0.25, 0.3) is 0 Å². The summed E-state index contributed by atoms with van der Waals surface area (Å²) in [4.78, 5) is 6.68. The number of rotatable bonds is 9. The predicted octanol–water partition coefficient (Wildman–Crippen LogP) is 2.17. The maximum atomic E-state index is 7.30. The van der Waals surface area contributed by atoms with E-state index >= 15 is 0 Å². The molecule has 0 fully saturated rings. The first-order valence-electron chi connectivity index (χ1n) is 7.02. The van der Waals surface area contributed by atoms with Gasteiger partial charge in [-0.1, -0.05) is 20.4 Å². The standard InChI is InChI=1S/C14H29N5/c1-6-10-19(7-2)11-8-9-16-13(4)18-14(5)17-12(3)15/h16H,4,6-11H2,1-3,5H3,(H2,15,17,18). The van der Waals surface area contributed by atoms with Crippen LogP contribution in [0.15, 0.2) is 17.4 Å². The van der Waals surface area contributed by atoms with Crippen LogP contribution in [-0.4, -0.2) is 42.8 Å². The predicted molar refractivity (Wildman–Crippen MR) is 83.8 cm³/mol. The Morgan fingerprint density at radius 3 is 2.47 bits per heavy atom. The van der Waals surface area contributed by atoms with E-state index in [1.165, 1.54) is 6.42 Å². The molecule has 0 spiro atoms. The number of nitrogens with zero attached hydrogens (tertiary/aromatic N) is 2. The van der Waals surface area contributed by atoms with Crippen molar-refractivity contribution in [2.24, 2.45) is 4.99 Å². The van der Waals surface area contributed by atoms with Gasteiger partial charge in [0.2, 0.25) is 0 Å². The third-order valence-corrected chi connectivity index (χ3v) is 2.64. The van der Waals surface area contributed by atoms with Gasteiger partial charge in [-0.2, -0.15) is 0 Å². The van der Waals surface area contributed by atoms with E-state index in [0.717, 1.165) is 32.6 Å². The molecular weight excluding hydrogens is 238 g/mol. The van der Waals surface area contributed by atoms with Gasteiger partial charge in [-0.25, -0.2) is 4.99 Å². The van der Waals surface area contributed by atoms with E-state index in [-0.39, 0.29) is 0 Å².